The number of aryl methyl sites for hydroxylation is 2. The third-order valence-electron chi connectivity index (χ3n) is 6.15. The zero-order valence-electron chi connectivity index (χ0n) is 17.4. The summed E-state index contributed by atoms with van der Waals surface area (Å²) in [5.74, 6) is -0.273. The number of hydrogen-bond donors (Lipinski definition) is 0. The first-order valence-electron chi connectivity index (χ1n) is 10.9. The van der Waals surface area contributed by atoms with Crippen LogP contribution < -0.4 is 4.74 Å². The van der Waals surface area contributed by atoms with Gasteiger partial charge in [0.15, 0.2) is 11.6 Å². The molecule has 1 aliphatic carbocycles. The first kappa shape index (κ1) is 21.7. The molecule has 0 N–H and O–H groups in total. The van der Waals surface area contributed by atoms with Crippen LogP contribution in [-0.2, 0) is 12.8 Å². The van der Waals surface area contributed by atoms with Crippen molar-refractivity contribution in [3.05, 3.63) is 64.5 Å². The minimum Gasteiger partial charge on any atom is -0.494 e. The van der Waals surface area contributed by atoms with Crippen molar-refractivity contribution in [2.75, 3.05) is 6.61 Å². The van der Waals surface area contributed by atoms with Gasteiger partial charge >= 0.3 is 0 Å². The summed E-state index contributed by atoms with van der Waals surface area (Å²) in [7, 11) is 0. The third kappa shape index (κ3) is 5.34. The number of benzene rings is 2. The molecular formula is C25H31F3O. The summed E-state index contributed by atoms with van der Waals surface area (Å²) < 4.78 is 48.3. The molecule has 1 saturated carbocycles. The standard InChI is InChI=1S/C25H31F3O/c1-3-5-19-12-13-20(25(28)24(19)27)11-8-17-6-9-18(10-7-17)22-15-14-21(29-4-2)16-23(22)26/h12-18H,3-11H2,1-2H3. The predicted octanol–water partition coefficient (Wildman–Crippen LogP) is 7.36. The first-order chi connectivity index (χ1) is 14.0. The van der Waals surface area contributed by atoms with Crippen LogP contribution in [-0.4, -0.2) is 6.61 Å². The van der Waals surface area contributed by atoms with Gasteiger partial charge in [-0.1, -0.05) is 31.5 Å². The molecule has 0 aromatic heterocycles. The van der Waals surface area contributed by atoms with Crippen molar-refractivity contribution in [1.29, 1.82) is 0 Å². The number of hydrogen-bond acceptors (Lipinski definition) is 1. The Bertz CT molecular complexity index is 810. The summed E-state index contributed by atoms with van der Waals surface area (Å²) in [6, 6.07) is 8.63. The van der Waals surface area contributed by atoms with Crippen LogP contribution in [0.2, 0.25) is 0 Å². The van der Waals surface area contributed by atoms with Crippen molar-refractivity contribution in [1.82, 2.24) is 0 Å². The van der Waals surface area contributed by atoms with Gasteiger partial charge in [0.25, 0.3) is 0 Å². The van der Waals surface area contributed by atoms with Crippen LogP contribution in [0.4, 0.5) is 13.2 Å². The highest BCUT2D eigenvalue weighted by Crippen LogP contribution is 2.39. The maximum absolute atomic E-state index is 14.4. The Balaban J connectivity index is 1.53. The number of ether oxygens (including phenoxy) is 1. The van der Waals surface area contributed by atoms with E-state index in [4.69, 9.17) is 4.74 Å². The molecule has 0 atom stereocenters. The van der Waals surface area contributed by atoms with E-state index in [0.717, 1.165) is 44.1 Å². The lowest BCUT2D eigenvalue weighted by molar-refractivity contribution is 0.304. The van der Waals surface area contributed by atoms with E-state index < -0.39 is 11.6 Å². The average molecular weight is 405 g/mol. The first-order valence-corrected chi connectivity index (χ1v) is 10.9. The van der Waals surface area contributed by atoms with Crippen LogP contribution in [0.3, 0.4) is 0 Å². The van der Waals surface area contributed by atoms with Crippen molar-refractivity contribution >= 4 is 0 Å². The Hall–Kier alpha value is -1.97. The zero-order valence-corrected chi connectivity index (χ0v) is 17.4. The molecule has 0 unspecified atom stereocenters. The van der Waals surface area contributed by atoms with E-state index in [9.17, 15) is 13.2 Å². The number of halogens is 3. The van der Waals surface area contributed by atoms with Gasteiger partial charge < -0.3 is 4.74 Å². The molecule has 0 aliphatic heterocycles. The normalized spacial score (nSPS) is 19.3. The van der Waals surface area contributed by atoms with E-state index in [2.05, 4.69) is 0 Å². The summed E-state index contributed by atoms with van der Waals surface area (Å²) in [6.07, 6.45) is 6.63. The molecule has 29 heavy (non-hydrogen) atoms. The Labute approximate surface area is 172 Å². The van der Waals surface area contributed by atoms with Crippen LogP contribution in [0.15, 0.2) is 30.3 Å². The molecule has 0 radical (unpaired) electrons. The lowest BCUT2D eigenvalue weighted by Crippen LogP contribution is -2.15. The topological polar surface area (TPSA) is 9.23 Å². The maximum Gasteiger partial charge on any atom is 0.162 e. The monoisotopic (exact) mass is 404 g/mol. The van der Waals surface area contributed by atoms with E-state index in [1.807, 2.05) is 26.0 Å². The summed E-state index contributed by atoms with van der Waals surface area (Å²) in [5.41, 5.74) is 1.71. The second kappa shape index (κ2) is 10.2. The van der Waals surface area contributed by atoms with E-state index in [1.165, 1.54) is 6.07 Å². The molecule has 2 aromatic rings. The lowest BCUT2D eigenvalue weighted by atomic mass is 9.76. The molecule has 0 amide bonds. The maximum atomic E-state index is 14.4. The highest BCUT2D eigenvalue weighted by atomic mass is 19.2. The molecule has 0 saturated heterocycles. The minimum absolute atomic E-state index is 0.191. The molecule has 1 aliphatic rings. The van der Waals surface area contributed by atoms with Crippen LogP contribution >= 0.6 is 0 Å². The molecule has 158 valence electrons. The summed E-state index contributed by atoms with van der Waals surface area (Å²) in [6.45, 7) is 4.36. The Morgan fingerprint density at radius 2 is 1.52 bits per heavy atom. The second-order valence-electron chi connectivity index (χ2n) is 8.13. The van der Waals surface area contributed by atoms with Crippen molar-refractivity contribution < 1.29 is 17.9 Å². The molecule has 1 fully saturated rings. The van der Waals surface area contributed by atoms with Crippen molar-refractivity contribution in [2.24, 2.45) is 5.92 Å². The van der Waals surface area contributed by atoms with Crippen LogP contribution in [0.1, 0.15) is 75.0 Å². The SMILES string of the molecule is CCCc1ccc(CCC2CCC(c3ccc(OCC)cc3F)CC2)c(F)c1F. The lowest BCUT2D eigenvalue weighted by Gasteiger charge is -2.29. The minimum atomic E-state index is -0.681. The molecule has 2 aromatic carbocycles. The second-order valence-corrected chi connectivity index (χ2v) is 8.13. The van der Waals surface area contributed by atoms with Gasteiger partial charge in [0.1, 0.15) is 11.6 Å². The Morgan fingerprint density at radius 3 is 2.10 bits per heavy atom. The molecular weight excluding hydrogens is 373 g/mol. The number of rotatable bonds is 8. The van der Waals surface area contributed by atoms with Crippen molar-refractivity contribution in [3.8, 4) is 5.75 Å². The fourth-order valence-corrected chi connectivity index (χ4v) is 4.50. The summed E-state index contributed by atoms with van der Waals surface area (Å²) in [4.78, 5) is 0. The molecule has 3 rings (SSSR count). The van der Waals surface area contributed by atoms with Crippen LogP contribution in [0, 0.1) is 23.4 Å². The molecule has 0 spiro atoms. The predicted molar refractivity (Wildman–Crippen MR) is 111 cm³/mol. The highest BCUT2D eigenvalue weighted by molar-refractivity contribution is 5.31. The molecule has 4 heteroatoms. The fourth-order valence-electron chi connectivity index (χ4n) is 4.50. The van der Waals surface area contributed by atoms with E-state index in [1.54, 1.807) is 12.1 Å². The Kier molecular flexibility index (Phi) is 7.63. The fraction of sp³-hybridized carbons (Fsp3) is 0.520. The van der Waals surface area contributed by atoms with Gasteiger partial charge in [-0.2, -0.15) is 0 Å². The third-order valence-corrected chi connectivity index (χ3v) is 6.15. The van der Waals surface area contributed by atoms with E-state index in [0.29, 0.717) is 42.2 Å². The summed E-state index contributed by atoms with van der Waals surface area (Å²) >= 11 is 0. The quantitative estimate of drug-likeness (QED) is 0.446. The molecule has 0 bridgehead atoms. The highest BCUT2D eigenvalue weighted by Gasteiger charge is 2.25. The van der Waals surface area contributed by atoms with Gasteiger partial charge in [0.2, 0.25) is 0 Å². The largest absolute Gasteiger partial charge is 0.494 e. The van der Waals surface area contributed by atoms with Gasteiger partial charge in [-0.15, -0.1) is 0 Å². The van der Waals surface area contributed by atoms with Gasteiger partial charge in [0.05, 0.1) is 6.61 Å². The Morgan fingerprint density at radius 1 is 0.862 bits per heavy atom. The average Bonchev–Trinajstić information content (AvgIpc) is 2.72. The van der Waals surface area contributed by atoms with Gasteiger partial charge in [0, 0.05) is 6.07 Å². The van der Waals surface area contributed by atoms with Gasteiger partial charge in [-0.3, -0.25) is 0 Å². The smallest absolute Gasteiger partial charge is 0.162 e. The molecule has 0 heterocycles. The van der Waals surface area contributed by atoms with Gasteiger partial charge in [-0.05, 0) is 86.5 Å². The van der Waals surface area contributed by atoms with Crippen molar-refractivity contribution in [2.45, 2.75) is 71.1 Å². The van der Waals surface area contributed by atoms with Crippen LogP contribution in [0.25, 0.3) is 0 Å². The van der Waals surface area contributed by atoms with Gasteiger partial charge in [-0.25, -0.2) is 13.2 Å². The van der Waals surface area contributed by atoms with E-state index >= 15 is 0 Å². The van der Waals surface area contributed by atoms with E-state index in [-0.39, 0.29) is 11.7 Å². The van der Waals surface area contributed by atoms with Crippen molar-refractivity contribution in [3.63, 3.8) is 0 Å². The summed E-state index contributed by atoms with van der Waals surface area (Å²) in [5, 5.41) is 0. The zero-order chi connectivity index (χ0) is 20.8. The van der Waals surface area contributed by atoms with Crippen LogP contribution in [0.5, 0.6) is 5.75 Å². The molecule has 1 nitrogen and oxygen atoms in total.